The molecule has 1 aliphatic heterocycles. The molecule has 0 aromatic carbocycles. The molecule has 130 valence electrons. The topological polar surface area (TPSA) is 63.7 Å². The molecule has 0 aromatic rings. The highest BCUT2D eigenvalue weighted by molar-refractivity contribution is 6.01. The van der Waals surface area contributed by atoms with E-state index in [-0.39, 0.29) is 19.3 Å². The van der Waals surface area contributed by atoms with E-state index < -0.39 is 17.8 Å². The standard InChI is InChI=1S/C18H29NO4/c20-16-13-14-17(21)19(16)23-18(22)12-8-4-3-7-11-15-9-5-1-2-6-10-15/h15H,1-14H2. The van der Waals surface area contributed by atoms with Crippen molar-refractivity contribution in [2.45, 2.75) is 89.9 Å². The lowest BCUT2D eigenvalue weighted by molar-refractivity contribution is -0.197. The van der Waals surface area contributed by atoms with Gasteiger partial charge in [-0.25, -0.2) is 4.79 Å². The van der Waals surface area contributed by atoms with Gasteiger partial charge in [-0.2, -0.15) is 0 Å². The summed E-state index contributed by atoms with van der Waals surface area (Å²) in [5.41, 5.74) is 0. The zero-order valence-corrected chi connectivity index (χ0v) is 14.1. The molecule has 1 saturated carbocycles. The molecule has 0 aromatic heterocycles. The van der Waals surface area contributed by atoms with E-state index in [1.165, 1.54) is 51.4 Å². The minimum absolute atomic E-state index is 0.146. The number of hydroxylamine groups is 2. The Labute approximate surface area is 138 Å². The van der Waals surface area contributed by atoms with E-state index in [1.807, 2.05) is 0 Å². The molecule has 0 unspecified atom stereocenters. The first-order valence-electron chi connectivity index (χ1n) is 9.23. The molecule has 23 heavy (non-hydrogen) atoms. The Morgan fingerprint density at radius 3 is 2.17 bits per heavy atom. The lowest BCUT2D eigenvalue weighted by atomic mass is 9.93. The van der Waals surface area contributed by atoms with E-state index >= 15 is 0 Å². The first kappa shape index (κ1) is 18.0. The lowest BCUT2D eigenvalue weighted by Crippen LogP contribution is -2.31. The fourth-order valence-corrected chi connectivity index (χ4v) is 3.51. The van der Waals surface area contributed by atoms with Crippen LogP contribution in [0, 0.1) is 5.92 Å². The van der Waals surface area contributed by atoms with Crippen LogP contribution in [-0.2, 0) is 19.2 Å². The van der Waals surface area contributed by atoms with Crippen LogP contribution in [0.2, 0.25) is 0 Å². The van der Waals surface area contributed by atoms with Crippen LogP contribution in [-0.4, -0.2) is 22.8 Å². The Hall–Kier alpha value is -1.39. The van der Waals surface area contributed by atoms with Crippen LogP contribution in [0.1, 0.15) is 89.9 Å². The third-order valence-electron chi connectivity index (χ3n) is 4.92. The molecule has 0 N–H and O–H groups in total. The van der Waals surface area contributed by atoms with Crippen molar-refractivity contribution in [2.75, 3.05) is 0 Å². The molecular formula is C18H29NO4. The predicted octanol–water partition coefficient (Wildman–Crippen LogP) is 3.90. The molecule has 0 spiro atoms. The summed E-state index contributed by atoms with van der Waals surface area (Å²) in [7, 11) is 0. The van der Waals surface area contributed by atoms with Gasteiger partial charge in [0.15, 0.2) is 0 Å². The first-order valence-corrected chi connectivity index (χ1v) is 9.23. The number of unbranched alkanes of at least 4 members (excludes halogenated alkanes) is 3. The summed E-state index contributed by atoms with van der Waals surface area (Å²) in [5.74, 6) is -0.384. The van der Waals surface area contributed by atoms with E-state index in [4.69, 9.17) is 4.84 Å². The van der Waals surface area contributed by atoms with Crippen molar-refractivity contribution >= 4 is 17.8 Å². The number of hydrogen-bond acceptors (Lipinski definition) is 4. The highest BCUT2D eigenvalue weighted by Gasteiger charge is 2.32. The summed E-state index contributed by atoms with van der Waals surface area (Å²) in [6.45, 7) is 0. The minimum Gasteiger partial charge on any atom is -0.330 e. The number of carbonyl (C=O) groups is 3. The van der Waals surface area contributed by atoms with Gasteiger partial charge >= 0.3 is 5.97 Å². The smallest absolute Gasteiger partial charge is 0.330 e. The Kier molecular flexibility index (Phi) is 7.56. The van der Waals surface area contributed by atoms with Gasteiger partial charge < -0.3 is 4.84 Å². The Bertz CT molecular complexity index is 397. The van der Waals surface area contributed by atoms with Crippen molar-refractivity contribution < 1.29 is 19.2 Å². The summed E-state index contributed by atoms with van der Waals surface area (Å²) in [6, 6.07) is 0. The van der Waals surface area contributed by atoms with Gasteiger partial charge in [0.2, 0.25) is 0 Å². The summed E-state index contributed by atoms with van der Waals surface area (Å²) in [6.07, 6.45) is 14.4. The van der Waals surface area contributed by atoms with Gasteiger partial charge in [0.1, 0.15) is 0 Å². The van der Waals surface area contributed by atoms with Crippen molar-refractivity contribution in [3.8, 4) is 0 Å². The normalized spacial score (nSPS) is 19.9. The van der Waals surface area contributed by atoms with E-state index in [2.05, 4.69) is 0 Å². The van der Waals surface area contributed by atoms with Crippen molar-refractivity contribution in [1.29, 1.82) is 0 Å². The molecule has 0 atom stereocenters. The third kappa shape index (κ3) is 6.32. The minimum atomic E-state index is -0.475. The molecule has 1 saturated heterocycles. The van der Waals surface area contributed by atoms with E-state index in [1.54, 1.807) is 0 Å². The molecule has 0 radical (unpaired) electrons. The van der Waals surface area contributed by atoms with Gasteiger partial charge in [-0.15, -0.1) is 5.06 Å². The lowest BCUT2D eigenvalue weighted by Gasteiger charge is -2.13. The second-order valence-electron chi connectivity index (χ2n) is 6.86. The van der Waals surface area contributed by atoms with Gasteiger partial charge in [0, 0.05) is 19.3 Å². The molecule has 2 rings (SSSR count). The average Bonchev–Trinajstić information content (AvgIpc) is 2.74. The fourth-order valence-electron chi connectivity index (χ4n) is 3.51. The summed E-state index contributed by atoms with van der Waals surface area (Å²) >= 11 is 0. The summed E-state index contributed by atoms with van der Waals surface area (Å²) in [4.78, 5) is 39.2. The first-order chi connectivity index (χ1) is 11.2. The van der Waals surface area contributed by atoms with Crippen molar-refractivity contribution in [1.82, 2.24) is 5.06 Å². The molecule has 1 heterocycles. The summed E-state index contributed by atoms with van der Waals surface area (Å²) in [5, 5.41) is 0.633. The van der Waals surface area contributed by atoms with Crippen LogP contribution < -0.4 is 0 Å². The van der Waals surface area contributed by atoms with E-state index in [0.29, 0.717) is 5.06 Å². The van der Waals surface area contributed by atoms with Crippen LogP contribution in [0.3, 0.4) is 0 Å². The van der Waals surface area contributed by atoms with Crippen molar-refractivity contribution in [3.05, 3.63) is 0 Å². The van der Waals surface area contributed by atoms with Crippen molar-refractivity contribution in [2.24, 2.45) is 5.92 Å². The molecule has 0 bridgehead atoms. The maximum Gasteiger partial charge on any atom is 0.333 e. The molecular weight excluding hydrogens is 294 g/mol. The zero-order chi connectivity index (χ0) is 16.5. The van der Waals surface area contributed by atoms with Gasteiger partial charge in [-0.05, 0) is 12.3 Å². The monoisotopic (exact) mass is 323 g/mol. The second-order valence-corrected chi connectivity index (χ2v) is 6.86. The highest BCUT2D eigenvalue weighted by atomic mass is 16.7. The number of imide groups is 1. The zero-order valence-electron chi connectivity index (χ0n) is 14.1. The molecule has 2 amide bonds. The quantitative estimate of drug-likeness (QED) is 0.386. The highest BCUT2D eigenvalue weighted by Crippen LogP contribution is 2.27. The molecule has 2 fully saturated rings. The Morgan fingerprint density at radius 1 is 0.913 bits per heavy atom. The van der Waals surface area contributed by atoms with E-state index in [0.717, 1.165) is 25.2 Å². The maximum atomic E-state index is 11.6. The SMILES string of the molecule is O=C(CCCCCCC1CCCCCC1)ON1C(=O)CCC1=O. The van der Waals surface area contributed by atoms with E-state index in [9.17, 15) is 14.4 Å². The van der Waals surface area contributed by atoms with Crippen LogP contribution in [0.4, 0.5) is 0 Å². The number of carbonyl (C=O) groups excluding carboxylic acids is 3. The molecule has 5 heteroatoms. The largest absolute Gasteiger partial charge is 0.333 e. The van der Waals surface area contributed by atoms with Crippen LogP contribution >= 0.6 is 0 Å². The number of hydrogen-bond donors (Lipinski definition) is 0. The molecule has 2 aliphatic rings. The van der Waals surface area contributed by atoms with Gasteiger partial charge in [0.25, 0.3) is 11.8 Å². The van der Waals surface area contributed by atoms with Crippen LogP contribution in [0.25, 0.3) is 0 Å². The molecule has 5 nitrogen and oxygen atoms in total. The number of nitrogens with zero attached hydrogens (tertiary/aromatic N) is 1. The average molecular weight is 323 g/mol. The Balaban J connectivity index is 1.49. The predicted molar refractivity (Wildman–Crippen MR) is 86.1 cm³/mol. The maximum absolute atomic E-state index is 11.6. The third-order valence-corrected chi connectivity index (χ3v) is 4.92. The van der Waals surface area contributed by atoms with Crippen LogP contribution in [0.15, 0.2) is 0 Å². The molecule has 1 aliphatic carbocycles. The number of rotatable bonds is 8. The fraction of sp³-hybridized carbons (Fsp3) is 0.833. The van der Waals surface area contributed by atoms with Gasteiger partial charge in [-0.1, -0.05) is 64.2 Å². The second kappa shape index (κ2) is 9.68. The van der Waals surface area contributed by atoms with Gasteiger partial charge in [-0.3, -0.25) is 9.59 Å². The Morgan fingerprint density at radius 2 is 1.52 bits per heavy atom. The van der Waals surface area contributed by atoms with Gasteiger partial charge in [0.05, 0.1) is 0 Å². The number of amides is 2. The van der Waals surface area contributed by atoms with Crippen LogP contribution in [0.5, 0.6) is 0 Å². The summed E-state index contributed by atoms with van der Waals surface area (Å²) < 4.78 is 0. The van der Waals surface area contributed by atoms with Crippen molar-refractivity contribution in [3.63, 3.8) is 0 Å².